The number of likely N-dealkylation sites (N-methyl/N-ethyl adjacent to an activating group) is 1. The highest BCUT2D eigenvalue weighted by molar-refractivity contribution is 5.90. The molecule has 0 saturated carbocycles. The number of carbonyl (C=O) groups is 3. The molecule has 0 fully saturated rings. The molecule has 0 aliphatic rings. The summed E-state index contributed by atoms with van der Waals surface area (Å²) >= 11 is 0. The zero-order valence-corrected chi connectivity index (χ0v) is 34.1. The van der Waals surface area contributed by atoms with Crippen LogP contribution in [0.1, 0.15) is 58.2 Å². The quantitative estimate of drug-likeness (QED) is 0.0658. The van der Waals surface area contributed by atoms with E-state index < -0.39 is 30.3 Å². The lowest BCUT2D eigenvalue weighted by atomic mass is 10.0. The van der Waals surface area contributed by atoms with E-state index in [9.17, 15) is 14.4 Å². The number of aromatic nitrogens is 1. The molecule has 0 unspecified atom stereocenters. The van der Waals surface area contributed by atoms with Gasteiger partial charge in [0.1, 0.15) is 17.4 Å². The van der Waals surface area contributed by atoms with Crippen molar-refractivity contribution < 1.29 is 28.6 Å². The molecule has 302 valence electrons. The van der Waals surface area contributed by atoms with E-state index in [2.05, 4.69) is 21.0 Å². The molecule has 4 aromatic carbocycles. The summed E-state index contributed by atoms with van der Waals surface area (Å²) in [5, 5.41) is 10.3. The summed E-state index contributed by atoms with van der Waals surface area (Å²) in [5.41, 5.74) is 5.73. The number of hydrogen-bond donors (Lipinski definition) is 3. The van der Waals surface area contributed by atoms with Gasteiger partial charge in [0.2, 0.25) is 11.8 Å². The SMILES string of the molecule is CCOC(OCC)[C@H](C)N(Cc1cccc2cccnc12)C(=O)[C@H](Cc1ccc(OC(C)(C)C)cc1)NC(=O)CN(C)NC(=O)NCc1cccc2ccccc12. The first-order valence-electron chi connectivity index (χ1n) is 19.5. The summed E-state index contributed by atoms with van der Waals surface area (Å²) in [6, 6.07) is 29.2. The minimum atomic E-state index is -0.991. The fraction of sp³-hybridized carbons (Fsp3) is 0.378. The van der Waals surface area contributed by atoms with Crippen molar-refractivity contribution in [2.75, 3.05) is 26.8 Å². The van der Waals surface area contributed by atoms with Crippen LogP contribution in [0, 0.1) is 0 Å². The number of nitrogens with zero attached hydrogens (tertiary/aromatic N) is 3. The van der Waals surface area contributed by atoms with Gasteiger partial charge in [-0.3, -0.25) is 20.0 Å². The average Bonchev–Trinajstić information content (AvgIpc) is 3.18. The first-order chi connectivity index (χ1) is 27.3. The summed E-state index contributed by atoms with van der Waals surface area (Å²) in [5.74, 6) is -0.0882. The number of fused-ring (bicyclic) bond motifs is 2. The molecular weight excluding hydrogens is 721 g/mol. The number of pyridine rings is 1. The van der Waals surface area contributed by atoms with Crippen LogP contribution < -0.4 is 20.8 Å². The van der Waals surface area contributed by atoms with Crippen LogP contribution in [-0.2, 0) is 38.6 Å². The molecule has 4 amide bonds. The molecule has 0 radical (unpaired) electrons. The van der Waals surface area contributed by atoms with E-state index in [1.807, 2.05) is 139 Å². The Bertz CT molecular complexity index is 2090. The maximum absolute atomic E-state index is 15.0. The van der Waals surface area contributed by atoms with Gasteiger partial charge in [-0.25, -0.2) is 9.80 Å². The van der Waals surface area contributed by atoms with Crippen LogP contribution in [0.5, 0.6) is 5.75 Å². The van der Waals surface area contributed by atoms with Gasteiger partial charge in [0.05, 0.1) is 18.1 Å². The highest BCUT2D eigenvalue weighted by atomic mass is 16.7. The molecule has 5 aromatic rings. The highest BCUT2D eigenvalue weighted by Gasteiger charge is 2.34. The van der Waals surface area contributed by atoms with Crippen molar-refractivity contribution in [2.45, 2.75) is 85.0 Å². The number of hydrazine groups is 1. The molecule has 12 heteroatoms. The number of ether oxygens (including phenoxy) is 3. The maximum atomic E-state index is 15.0. The molecule has 5 rings (SSSR count). The van der Waals surface area contributed by atoms with Crippen molar-refractivity contribution in [3.8, 4) is 5.75 Å². The van der Waals surface area contributed by atoms with Crippen LogP contribution in [0.25, 0.3) is 21.7 Å². The number of para-hydroxylation sites is 1. The lowest BCUT2D eigenvalue weighted by molar-refractivity contribution is -0.179. The van der Waals surface area contributed by atoms with Gasteiger partial charge in [-0.15, -0.1) is 0 Å². The number of rotatable bonds is 18. The Balaban J connectivity index is 1.37. The van der Waals surface area contributed by atoms with E-state index in [1.54, 1.807) is 18.1 Å². The van der Waals surface area contributed by atoms with Crippen LogP contribution in [0.4, 0.5) is 4.79 Å². The van der Waals surface area contributed by atoms with Crippen LogP contribution in [0.2, 0.25) is 0 Å². The number of amides is 4. The predicted molar refractivity (Wildman–Crippen MR) is 223 cm³/mol. The van der Waals surface area contributed by atoms with Gasteiger partial charge >= 0.3 is 6.03 Å². The normalized spacial score (nSPS) is 12.7. The second-order valence-corrected chi connectivity index (χ2v) is 14.9. The van der Waals surface area contributed by atoms with E-state index in [1.165, 1.54) is 5.01 Å². The Morgan fingerprint density at radius 2 is 1.46 bits per heavy atom. The molecule has 0 spiro atoms. The smallest absolute Gasteiger partial charge is 0.329 e. The van der Waals surface area contributed by atoms with Gasteiger partial charge in [0.15, 0.2) is 6.29 Å². The average molecular weight is 777 g/mol. The molecule has 12 nitrogen and oxygen atoms in total. The molecule has 1 heterocycles. The fourth-order valence-corrected chi connectivity index (χ4v) is 6.72. The predicted octanol–water partition coefficient (Wildman–Crippen LogP) is 6.76. The lowest BCUT2D eigenvalue weighted by Crippen LogP contribution is -2.56. The first kappa shape index (κ1) is 42.6. The first-order valence-corrected chi connectivity index (χ1v) is 19.5. The van der Waals surface area contributed by atoms with Crippen molar-refractivity contribution in [3.05, 3.63) is 120 Å². The Morgan fingerprint density at radius 1 is 0.807 bits per heavy atom. The summed E-state index contributed by atoms with van der Waals surface area (Å²) in [6.07, 6.45) is 1.20. The van der Waals surface area contributed by atoms with Crippen molar-refractivity contribution in [3.63, 3.8) is 0 Å². The van der Waals surface area contributed by atoms with Crippen molar-refractivity contribution >= 4 is 39.5 Å². The third-order valence-electron chi connectivity index (χ3n) is 9.30. The Kier molecular flexibility index (Phi) is 15.0. The topological polar surface area (TPSA) is 134 Å². The lowest BCUT2D eigenvalue weighted by Gasteiger charge is -2.37. The number of carbonyl (C=O) groups excluding carboxylic acids is 3. The molecule has 0 aliphatic heterocycles. The third kappa shape index (κ3) is 12.2. The minimum absolute atomic E-state index is 0.188. The van der Waals surface area contributed by atoms with Crippen LogP contribution >= 0.6 is 0 Å². The van der Waals surface area contributed by atoms with Crippen LogP contribution in [-0.4, -0.2) is 83.5 Å². The Morgan fingerprint density at radius 3 is 2.16 bits per heavy atom. The Labute approximate surface area is 335 Å². The van der Waals surface area contributed by atoms with E-state index in [4.69, 9.17) is 14.2 Å². The van der Waals surface area contributed by atoms with E-state index in [-0.39, 0.29) is 31.0 Å². The number of nitrogens with one attached hydrogen (secondary N) is 3. The molecule has 0 saturated heterocycles. The van der Waals surface area contributed by atoms with Crippen LogP contribution in [0.3, 0.4) is 0 Å². The van der Waals surface area contributed by atoms with E-state index in [0.717, 1.165) is 38.4 Å². The number of urea groups is 1. The molecule has 2 atom stereocenters. The second kappa shape index (κ2) is 20.0. The van der Waals surface area contributed by atoms with Crippen molar-refractivity contribution in [2.24, 2.45) is 0 Å². The third-order valence-corrected chi connectivity index (χ3v) is 9.30. The van der Waals surface area contributed by atoms with E-state index >= 15 is 0 Å². The van der Waals surface area contributed by atoms with E-state index in [0.29, 0.717) is 25.5 Å². The zero-order valence-electron chi connectivity index (χ0n) is 34.1. The summed E-state index contributed by atoms with van der Waals surface area (Å²) in [4.78, 5) is 48.0. The van der Waals surface area contributed by atoms with Crippen LogP contribution in [0.15, 0.2) is 103 Å². The molecule has 1 aromatic heterocycles. The number of benzene rings is 4. The molecule has 57 heavy (non-hydrogen) atoms. The van der Waals surface area contributed by atoms with Gasteiger partial charge in [-0.1, -0.05) is 78.9 Å². The second-order valence-electron chi connectivity index (χ2n) is 14.9. The zero-order chi connectivity index (χ0) is 41.0. The van der Waals surface area contributed by atoms with Gasteiger partial charge in [-0.05, 0) is 87.2 Å². The minimum Gasteiger partial charge on any atom is -0.488 e. The largest absolute Gasteiger partial charge is 0.488 e. The fourth-order valence-electron chi connectivity index (χ4n) is 6.72. The highest BCUT2D eigenvalue weighted by Crippen LogP contribution is 2.24. The monoisotopic (exact) mass is 776 g/mol. The molecular formula is C45H56N6O6. The van der Waals surface area contributed by atoms with Gasteiger partial charge in [0.25, 0.3) is 0 Å². The van der Waals surface area contributed by atoms with Crippen molar-refractivity contribution in [1.29, 1.82) is 0 Å². The standard InChI is InChI=1S/C45H56N6O6/c1-8-55-43(56-9-2)31(3)51(29-36-19-13-17-34-20-14-26-46-41(34)36)42(53)39(27-32-22-24-37(25-23-32)57-45(4,5)6)48-40(52)30-50(7)49-44(54)47-28-35-18-12-16-33-15-10-11-21-38(33)35/h10-26,31,39,43H,8-9,27-30H2,1-7H3,(H,48,52)(H2,47,49,54)/t31-,39-/m0/s1. The Hall–Kier alpha value is -5.56. The maximum Gasteiger partial charge on any atom is 0.329 e. The molecule has 3 N–H and O–H groups in total. The van der Waals surface area contributed by atoms with Gasteiger partial charge in [-0.2, -0.15) is 0 Å². The summed E-state index contributed by atoms with van der Waals surface area (Å²) < 4.78 is 18.0. The van der Waals surface area contributed by atoms with Gasteiger partial charge < -0.3 is 29.7 Å². The summed E-state index contributed by atoms with van der Waals surface area (Å²) in [6.45, 7) is 12.6. The van der Waals surface area contributed by atoms with Gasteiger partial charge in [0, 0.05) is 51.4 Å². The summed E-state index contributed by atoms with van der Waals surface area (Å²) in [7, 11) is 1.60. The van der Waals surface area contributed by atoms with Crippen molar-refractivity contribution in [1.82, 2.24) is 31.0 Å². The molecule has 0 aliphatic carbocycles. The molecule has 0 bridgehead atoms. The number of hydrogen-bond acceptors (Lipinski definition) is 8.